The molecule has 0 radical (unpaired) electrons. The fraction of sp³-hybridized carbons (Fsp3) is 0.333. The molecule has 2 heterocycles. The highest BCUT2D eigenvalue weighted by Crippen LogP contribution is 2.37. The standard InChI is InChI=1S/C18H20N2O6/c1-11-8-20(26-9-11)18(22)13-6-14(16(24-3)15(7-13)23-2)19-17(21)12-4-5-25-10-12/h4-7,10-11H,8-9H2,1-3H3,(H,19,21). The number of nitrogens with one attached hydrogen (secondary N) is 1. The molecular weight excluding hydrogens is 340 g/mol. The quantitative estimate of drug-likeness (QED) is 0.881. The van der Waals surface area contributed by atoms with Crippen molar-refractivity contribution in [2.75, 3.05) is 32.7 Å². The molecule has 0 spiro atoms. The van der Waals surface area contributed by atoms with Gasteiger partial charge >= 0.3 is 0 Å². The third kappa shape index (κ3) is 3.50. The number of methoxy groups -OCH3 is 2. The smallest absolute Gasteiger partial charge is 0.277 e. The molecule has 138 valence electrons. The lowest BCUT2D eigenvalue weighted by Crippen LogP contribution is -2.27. The van der Waals surface area contributed by atoms with Gasteiger partial charge in [0.05, 0.1) is 44.9 Å². The number of anilines is 1. The molecule has 1 atom stereocenters. The molecule has 1 aromatic heterocycles. The van der Waals surface area contributed by atoms with Crippen LogP contribution >= 0.6 is 0 Å². The first-order valence-electron chi connectivity index (χ1n) is 8.07. The lowest BCUT2D eigenvalue weighted by atomic mass is 10.1. The van der Waals surface area contributed by atoms with Gasteiger partial charge in [-0.05, 0) is 18.2 Å². The summed E-state index contributed by atoms with van der Waals surface area (Å²) in [7, 11) is 2.92. The second-order valence-electron chi connectivity index (χ2n) is 5.99. The molecule has 8 nitrogen and oxygen atoms in total. The Labute approximate surface area is 150 Å². The highest BCUT2D eigenvalue weighted by atomic mass is 16.7. The van der Waals surface area contributed by atoms with Gasteiger partial charge in [-0.3, -0.25) is 14.4 Å². The number of carbonyl (C=O) groups excluding carboxylic acids is 2. The summed E-state index contributed by atoms with van der Waals surface area (Å²) in [5, 5.41) is 4.03. The van der Waals surface area contributed by atoms with Crippen molar-refractivity contribution in [2.45, 2.75) is 6.92 Å². The number of hydrogen-bond donors (Lipinski definition) is 1. The van der Waals surface area contributed by atoms with Crippen LogP contribution in [-0.2, 0) is 4.84 Å². The third-order valence-corrected chi connectivity index (χ3v) is 3.98. The van der Waals surface area contributed by atoms with E-state index in [0.717, 1.165) is 0 Å². The van der Waals surface area contributed by atoms with Crippen LogP contribution in [0.5, 0.6) is 11.5 Å². The van der Waals surface area contributed by atoms with Crippen LogP contribution in [-0.4, -0.2) is 44.2 Å². The first kappa shape index (κ1) is 17.8. The van der Waals surface area contributed by atoms with Gasteiger partial charge in [-0.15, -0.1) is 0 Å². The summed E-state index contributed by atoms with van der Waals surface area (Å²) in [5.74, 6) is 0.202. The molecule has 1 aliphatic heterocycles. The highest BCUT2D eigenvalue weighted by molar-refractivity contribution is 6.06. The predicted octanol–water partition coefficient (Wildman–Crippen LogP) is 2.57. The molecule has 0 bridgehead atoms. The fourth-order valence-corrected chi connectivity index (χ4v) is 2.66. The normalized spacial score (nSPS) is 16.4. The van der Waals surface area contributed by atoms with E-state index in [9.17, 15) is 9.59 Å². The minimum atomic E-state index is -0.394. The van der Waals surface area contributed by atoms with Gasteiger partial charge in [-0.25, -0.2) is 5.06 Å². The maximum Gasteiger partial charge on any atom is 0.277 e. The molecule has 0 aliphatic carbocycles. The van der Waals surface area contributed by atoms with Crippen LogP contribution in [0.4, 0.5) is 5.69 Å². The van der Waals surface area contributed by atoms with Crippen molar-refractivity contribution in [3.05, 3.63) is 41.9 Å². The average molecular weight is 360 g/mol. The van der Waals surface area contributed by atoms with Gasteiger partial charge in [0.2, 0.25) is 0 Å². The number of furan rings is 1. The molecule has 0 saturated carbocycles. The van der Waals surface area contributed by atoms with Crippen molar-refractivity contribution < 1.29 is 28.3 Å². The van der Waals surface area contributed by atoms with Crippen LogP contribution in [0.15, 0.2) is 35.1 Å². The van der Waals surface area contributed by atoms with E-state index in [2.05, 4.69) is 5.32 Å². The maximum absolute atomic E-state index is 12.7. The number of amides is 2. The Morgan fingerprint density at radius 1 is 1.23 bits per heavy atom. The number of hydroxylamine groups is 2. The first-order chi connectivity index (χ1) is 12.5. The molecule has 3 rings (SSSR count). The van der Waals surface area contributed by atoms with Gasteiger partial charge in [0.1, 0.15) is 6.26 Å². The van der Waals surface area contributed by atoms with E-state index in [4.69, 9.17) is 18.7 Å². The summed E-state index contributed by atoms with van der Waals surface area (Å²) in [4.78, 5) is 30.4. The zero-order valence-electron chi connectivity index (χ0n) is 14.8. The molecule has 1 aromatic carbocycles. The zero-order valence-corrected chi connectivity index (χ0v) is 14.8. The van der Waals surface area contributed by atoms with E-state index >= 15 is 0 Å². The van der Waals surface area contributed by atoms with Gasteiger partial charge in [0.15, 0.2) is 11.5 Å². The molecule has 2 aromatic rings. The third-order valence-electron chi connectivity index (χ3n) is 3.98. The van der Waals surface area contributed by atoms with Crippen LogP contribution in [0.25, 0.3) is 0 Å². The lowest BCUT2D eigenvalue weighted by molar-refractivity contribution is -0.0772. The van der Waals surface area contributed by atoms with Gasteiger partial charge in [-0.1, -0.05) is 6.92 Å². The van der Waals surface area contributed by atoms with Gasteiger partial charge in [0, 0.05) is 11.5 Å². The summed E-state index contributed by atoms with van der Waals surface area (Å²) >= 11 is 0. The number of nitrogens with zero attached hydrogens (tertiary/aromatic N) is 1. The van der Waals surface area contributed by atoms with E-state index in [-0.39, 0.29) is 11.8 Å². The molecular formula is C18H20N2O6. The fourth-order valence-electron chi connectivity index (χ4n) is 2.66. The minimum Gasteiger partial charge on any atom is -0.493 e. The van der Waals surface area contributed by atoms with E-state index in [1.165, 1.54) is 43.9 Å². The monoisotopic (exact) mass is 360 g/mol. The number of hydrogen-bond acceptors (Lipinski definition) is 6. The molecule has 1 fully saturated rings. The summed E-state index contributed by atoms with van der Waals surface area (Å²) in [6.45, 7) is 2.99. The van der Waals surface area contributed by atoms with Crippen LogP contribution in [0.2, 0.25) is 0 Å². The largest absolute Gasteiger partial charge is 0.493 e. The van der Waals surface area contributed by atoms with Crippen molar-refractivity contribution >= 4 is 17.5 Å². The van der Waals surface area contributed by atoms with Crippen molar-refractivity contribution in [3.63, 3.8) is 0 Å². The predicted molar refractivity (Wildman–Crippen MR) is 92.4 cm³/mol. The molecule has 1 saturated heterocycles. The summed E-state index contributed by atoms with van der Waals surface area (Å²) in [6, 6.07) is 4.63. The van der Waals surface area contributed by atoms with Crippen LogP contribution in [0, 0.1) is 5.92 Å². The molecule has 8 heteroatoms. The van der Waals surface area contributed by atoms with Gasteiger partial charge < -0.3 is 19.2 Å². The Hall–Kier alpha value is -3.00. The Balaban J connectivity index is 1.94. The topological polar surface area (TPSA) is 90.2 Å². The van der Waals surface area contributed by atoms with Crippen LogP contribution in [0.1, 0.15) is 27.6 Å². The Kier molecular flexibility index (Phi) is 5.13. The van der Waals surface area contributed by atoms with Crippen molar-refractivity contribution in [1.29, 1.82) is 0 Å². The summed E-state index contributed by atoms with van der Waals surface area (Å²) < 4.78 is 15.6. The Bertz CT molecular complexity index is 802. The number of carbonyl (C=O) groups is 2. The first-order valence-corrected chi connectivity index (χ1v) is 8.07. The molecule has 26 heavy (non-hydrogen) atoms. The maximum atomic E-state index is 12.7. The Morgan fingerprint density at radius 2 is 2.04 bits per heavy atom. The molecule has 1 aliphatic rings. The number of ether oxygens (including phenoxy) is 2. The molecule has 1 N–H and O–H groups in total. The van der Waals surface area contributed by atoms with Gasteiger partial charge in [0.25, 0.3) is 11.8 Å². The second-order valence-corrected chi connectivity index (χ2v) is 5.99. The molecule has 1 unspecified atom stereocenters. The van der Waals surface area contributed by atoms with Gasteiger partial charge in [-0.2, -0.15) is 0 Å². The van der Waals surface area contributed by atoms with Crippen molar-refractivity contribution in [1.82, 2.24) is 5.06 Å². The SMILES string of the molecule is COc1cc(C(=O)N2CC(C)CO2)cc(NC(=O)c2ccoc2)c1OC. The lowest BCUT2D eigenvalue weighted by Gasteiger charge is -2.18. The molecule has 2 amide bonds. The number of benzene rings is 1. The average Bonchev–Trinajstić information content (AvgIpc) is 3.32. The van der Waals surface area contributed by atoms with E-state index in [1.807, 2.05) is 6.92 Å². The van der Waals surface area contributed by atoms with E-state index in [0.29, 0.717) is 41.5 Å². The van der Waals surface area contributed by atoms with E-state index < -0.39 is 5.91 Å². The minimum absolute atomic E-state index is 0.263. The summed E-state index contributed by atoms with van der Waals surface area (Å²) in [6.07, 6.45) is 2.73. The highest BCUT2D eigenvalue weighted by Gasteiger charge is 2.27. The van der Waals surface area contributed by atoms with E-state index in [1.54, 1.807) is 6.07 Å². The Morgan fingerprint density at radius 3 is 2.62 bits per heavy atom. The van der Waals surface area contributed by atoms with Crippen LogP contribution in [0.3, 0.4) is 0 Å². The van der Waals surface area contributed by atoms with Crippen LogP contribution < -0.4 is 14.8 Å². The summed E-state index contributed by atoms with van der Waals surface area (Å²) in [5.41, 5.74) is 0.979. The number of rotatable bonds is 5. The van der Waals surface area contributed by atoms with Crippen molar-refractivity contribution in [3.8, 4) is 11.5 Å². The zero-order chi connectivity index (χ0) is 18.7. The van der Waals surface area contributed by atoms with Crippen molar-refractivity contribution in [2.24, 2.45) is 5.92 Å². The second kappa shape index (κ2) is 7.49.